The molecule has 0 aliphatic heterocycles. The van der Waals surface area contributed by atoms with Crippen molar-refractivity contribution in [3.8, 4) is 5.75 Å². The summed E-state index contributed by atoms with van der Waals surface area (Å²) in [6, 6.07) is 13.3. The van der Waals surface area contributed by atoms with Crippen LogP contribution in [-0.2, 0) is 11.2 Å². The molecule has 0 saturated carbocycles. The lowest BCUT2D eigenvalue weighted by Gasteiger charge is -2.12. The van der Waals surface area contributed by atoms with Gasteiger partial charge in [0.2, 0.25) is 5.91 Å². The number of hydrazine groups is 1. The van der Waals surface area contributed by atoms with Gasteiger partial charge in [0, 0.05) is 0 Å². The molecule has 0 saturated heterocycles. The number of hydrogen-bond acceptors (Lipinski definition) is 3. The summed E-state index contributed by atoms with van der Waals surface area (Å²) in [7, 11) is 1.58. The lowest BCUT2D eigenvalue weighted by molar-refractivity contribution is -0.120. The molecule has 1 amide bonds. The molecule has 0 atom stereocenters. The highest BCUT2D eigenvalue weighted by Gasteiger charge is 2.06. The van der Waals surface area contributed by atoms with E-state index in [1.807, 2.05) is 0 Å². The first-order valence-electron chi connectivity index (χ1n) is 6.82. The van der Waals surface area contributed by atoms with Crippen molar-refractivity contribution in [2.24, 2.45) is 0 Å². The Balaban J connectivity index is 1.79. The molecule has 2 aromatic carbocycles. The van der Waals surface area contributed by atoms with Crippen LogP contribution in [0, 0.1) is 5.82 Å². The Bertz CT molecular complexity index is 692. The van der Waals surface area contributed by atoms with Crippen molar-refractivity contribution in [1.29, 1.82) is 0 Å². The zero-order chi connectivity index (χ0) is 16.7. The summed E-state index contributed by atoms with van der Waals surface area (Å²) >= 11 is 4.99. The molecular weight excluding hydrogens is 317 g/mol. The van der Waals surface area contributed by atoms with Crippen LogP contribution in [-0.4, -0.2) is 18.1 Å². The van der Waals surface area contributed by atoms with E-state index in [0.29, 0.717) is 0 Å². The summed E-state index contributed by atoms with van der Waals surface area (Å²) in [6.45, 7) is 0. The third kappa shape index (κ3) is 5.23. The van der Waals surface area contributed by atoms with Gasteiger partial charge in [0.05, 0.1) is 19.2 Å². The minimum atomic E-state index is -0.429. The third-order valence-corrected chi connectivity index (χ3v) is 3.17. The van der Waals surface area contributed by atoms with Crippen molar-refractivity contribution in [3.05, 3.63) is 59.9 Å². The number of halogens is 1. The Morgan fingerprint density at radius 3 is 2.48 bits per heavy atom. The van der Waals surface area contributed by atoms with Gasteiger partial charge in [-0.25, -0.2) is 4.39 Å². The predicted molar refractivity (Wildman–Crippen MR) is 90.6 cm³/mol. The largest absolute Gasteiger partial charge is 0.497 e. The van der Waals surface area contributed by atoms with Crippen molar-refractivity contribution < 1.29 is 13.9 Å². The Morgan fingerprint density at radius 2 is 1.83 bits per heavy atom. The Hall–Kier alpha value is -2.67. The molecule has 0 aromatic heterocycles. The number of rotatable bonds is 4. The van der Waals surface area contributed by atoms with Crippen molar-refractivity contribution in [3.63, 3.8) is 0 Å². The van der Waals surface area contributed by atoms with Crippen LogP contribution in [0.5, 0.6) is 5.75 Å². The number of benzene rings is 2. The van der Waals surface area contributed by atoms with Crippen LogP contribution in [0.1, 0.15) is 5.56 Å². The molecule has 0 spiro atoms. The average Bonchev–Trinajstić information content (AvgIpc) is 2.56. The summed E-state index contributed by atoms with van der Waals surface area (Å²) in [4.78, 5) is 11.8. The molecule has 0 fully saturated rings. The number of nitrogens with one attached hydrogen (secondary N) is 3. The van der Waals surface area contributed by atoms with E-state index in [-0.39, 0.29) is 23.1 Å². The molecule has 120 valence electrons. The molecule has 23 heavy (non-hydrogen) atoms. The van der Waals surface area contributed by atoms with Crippen molar-refractivity contribution >= 4 is 28.9 Å². The maximum atomic E-state index is 13.5. The van der Waals surface area contributed by atoms with E-state index in [1.54, 1.807) is 49.6 Å². The molecule has 0 aliphatic rings. The molecule has 2 aromatic rings. The van der Waals surface area contributed by atoms with E-state index in [4.69, 9.17) is 17.0 Å². The van der Waals surface area contributed by atoms with Crippen molar-refractivity contribution in [1.82, 2.24) is 10.9 Å². The molecular formula is C16H16FN3O2S. The molecule has 0 bridgehead atoms. The quantitative estimate of drug-likeness (QED) is 0.592. The van der Waals surface area contributed by atoms with Gasteiger partial charge in [0.15, 0.2) is 5.11 Å². The number of carbonyl (C=O) groups is 1. The highest BCUT2D eigenvalue weighted by Crippen LogP contribution is 2.12. The van der Waals surface area contributed by atoms with Crippen LogP contribution in [0.25, 0.3) is 0 Å². The van der Waals surface area contributed by atoms with Crippen LogP contribution in [0.2, 0.25) is 0 Å². The highest BCUT2D eigenvalue weighted by atomic mass is 32.1. The van der Waals surface area contributed by atoms with Gasteiger partial charge in [0.25, 0.3) is 0 Å². The molecule has 2 rings (SSSR count). The number of hydrogen-bond donors (Lipinski definition) is 3. The van der Waals surface area contributed by atoms with E-state index < -0.39 is 5.82 Å². The SMILES string of the molecule is COc1ccc(CC(=O)NNC(=S)Nc2ccccc2F)cc1. The van der Waals surface area contributed by atoms with Gasteiger partial charge in [-0.3, -0.25) is 15.6 Å². The normalized spacial score (nSPS) is 9.83. The summed E-state index contributed by atoms with van der Waals surface area (Å²) in [5.41, 5.74) is 6.05. The first-order chi connectivity index (χ1) is 11.1. The van der Waals surface area contributed by atoms with Gasteiger partial charge in [0.1, 0.15) is 11.6 Å². The van der Waals surface area contributed by atoms with Crippen LogP contribution in [0.4, 0.5) is 10.1 Å². The summed E-state index contributed by atoms with van der Waals surface area (Å²) in [5.74, 6) is 0.0246. The number of ether oxygens (including phenoxy) is 1. The number of thiocarbonyl (C=S) groups is 1. The molecule has 0 unspecified atom stereocenters. The second kappa shape index (κ2) is 8.09. The second-order valence-electron chi connectivity index (χ2n) is 4.63. The highest BCUT2D eigenvalue weighted by molar-refractivity contribution is 7.80. The molecule has 3 N–H and O–H groups in total. The van der Waals surface area contributed by atoms with Crippen molar-refractivity contribution in [2.75, 3.05) is 12.4 Å². The van der Waals surface area contributed by atoms with E-state index in [9.17, 15) is 9.18 Å². The van der Waals surface area contributed by atoms with E-state index in [2.05, 4.69) is 16.2 Å². The first-order valence-corrected chi connectivity index (χ1v) is 7.22. The van der Waals surface area contributed by atoms with Crippen molar-refractivity contribution in [2.45, 2.75) is 6.42 Å². The predicted octanol–water partition coefficient (Wildman–Crippen LogP) is 2.39. The molecule has 0 aliphatic carbocycles. The zero-order valence-electron chi connectivity index (χ0n) is 12.4. The number of carbonyl (C=O) groups excluding carboxylic acids is 1. The summed E-state index contributed by atoms with van der Waals surface area (Å²) in [5, 5.41) is 2.75. The fourth-order valence-corrected chi connectivity index (χ4v) is 1.98. The maximum absolute atomic E-state index is 13.5. The number of anilines is 1. The summed E-state index contributed by atoms with van der Waals surface area (Å²) in [6.07, 6.45) is 0.180. The third-order valence-electron chi connectivity index (χ3n) is 2.96. The topological polar surface area (TPSA) is 62.4 Å². The van der Waals surface area contributed by atoms with Gasteiger partial charge in [-0.15, -0.1) is 0 Å². The summed E-state index contributed by atoms with van der Waals surface area (Å²) < 4.78 is 18.5. The Labute approximate surface area is 138 Å². The number of para-hydroxylation sites is 1. The Kier molecular flexibility index (Phi) is 5.87. The van der Waals surface area contributed by atoms with Gasteiger partial charge < -0.3 is 10.1 Å². The smallest absolute Gasteiger partial charge is 0.242 e. The minimum absolute atomic E-state index is 0.0955. The van der Waals surface area contributed by atoms with Gasteiger partial charge in [-0.05, 0) is 42.0 Å². The monoisotopic (exact) mass is 333 g/mol. The van der Waals surface area contributed by atoms with Gasteiger partial charge in [-0.1, -0.05) is 24.3 Å². The van der Waals surface area contributed by atoms with Crippen LogP contribution < -0.4 is 20.9 Å². The van der Waals surface area contributed by atoms with E-state index in [1.165, 1.54) is 6.07 Å². The fourth-order valence-electron chi connectivity index (χ4n) is 1.82. The van der Waals surface area contributed by atoms with E-state index in [0.717, 1.165) is 11.3 Å². The lowest BCUT2D eigenvalue weighted by Crippen LogP contribution is -2.44. The molecule has 0 heterocycles. The fraction of sp³-hybridized carbons (Fsp3) is 0.125. The lowest BCUT2D eigenvalue weighted by atomic mass is 10.1. The number of amides is 1. The molecule has 0 radical (unpaired) electrons. The molecule has 7 heteroatoms. The number of methoxy groups -OCH3 is 1. The molecule has 5 nitrogen and oxygen atoms in total. The average molecular weight is 333 g/mol. The van der Waals surface area contributed by atoms with Crippen LogP contribution in [0.3, 0.4) is 0 Å². The van der Waals surface area contributed by atoms with E-state index >= 15 is 0 Å². The first kappa shape index (κ1) is 16.7. The second-order valence-corrected chi connectivity index (χ2v) is 5.04. The van der Waals surface area contributed by atoms with Crippen LogP contribution in [0.15, 0.2) is 48.5 Å². The minimum Gasteiger partial charge on any atom is -0.497 e. The maximum Gasteiger partial charge on any atom is 0.242 e. The zero-order valence-corrected chi connectivity index (χ0v) is 13.2. The van der Waals surface area contributed by atoms with Crippen LogP contribution >= 0.6 is 12.2 Å². The van der Waals surface area contributed by atoms with Gasteiger partial charge in [-0.2, -0.15) is 0 Å². The standard InChI is InChI=1S/C16H16FN3O2S/c1-22-12-8-6-11(7-9-12)10-15(21)19-20-16(23)18-14-5-3-2-4-13(14)17/h2-9H,10H2,1H3,(H,19,21)(H2,18,20,23). The van der Waals surface area contributed by atoms with Gasteiger partial charge >= 0.3 is 0 Å². The Morgan fingerprint density at radius 1 is 1.13 bits per heavy atom.